The van der Waals surface area contributed by atoms with Crippen molar-refractivity contribution in [3.63, 3.8) is 0 Å². The van der Waals surface area contributed by atoms with E-state index in [2.05, 4.69) is 15.6 Å². The molecule has 4 rings (SSSR count). The molecular weight excluding hydrogens is 445 g/mol. The Morgan fingerprint density at radius 3 is 2.71 bits per heavy atom. The summed E-state index contributed by atoms with van der Waals surface area (Å²) in [6, 6.07) is 3.52. The van der Waals surface area contributed by atoms with Gasteiger partial charge in [0.05, 0.1) is 6.54 Å². The molecule has 1 aliphatic carbocycles. The Bertz CT molecular complexity index is 1310. The first kappa shape index (κ1) is 22.9. The molecule has 10 nitrogen and oxygen atoms in total. The topological polar surface area (TPSA) is 134 Å². The van der Waals surface area contributed by atoms with E-state index in [0.29, 0.717) is 5.56 Å². The summed E-state index contributed by atoms with van der Waals surface area (Å²) >= 11 is 0. The number of hydrogen-bond donors (Lipinski definition) is 3. The van der Waals surface area contributed by atoms with Crippen LogP contribution < -0.4 is 21.1 Å². The molecule has 2 aliphatic rings. The highest BCUT2D eigenvalue weighted by Crippen LogP contribution is 2.24. The average molecular weight is 467 g/mol. The number of fused-ring (bicyclic) bond motifs is 1. The molecule has 1 aromatic heterocycles. The number of halogens is 1. The molecule has 2 aromatic rings. The highest BCUT2D eigenvalue weighted by Gasteiger charge is 2.33. The minimum atomic E-state index is -0.910. The lowest BCUT2D eigenvalue weighted by Crippen LogP contribution is -2.32. The van der Waals surface area contributed by atoms with Gasteiger partial charge in [-0.25, -0.2) is 9.37 Å². The molecule has 3 amide bonds. The van der Waals surface area contributed by atoms with E-state index in [1.54, 1.807) is 0 Å². The van der Waals surface area contributed by atoms with Gasteiger partial charge in [0.1, 0.15) is 12.4 Å². The maximum atomic E-state index is 13.6. The molecule has 1 aromatic carbocycles. The number of rotatable bonds is 6. The third-order valence-electron chi connectivity index (χ3n) is 5.57. The van der Waals surface area contributed by atoms with Gasteiger partial charge >= 0.3 is 0 Å². The Morgan fingerprint density at radius 2 is 2.00 bits per heavy atom. The van der Waals surface area contributed by atoms with Gasteiger partial charge < -0.3 is 15.7 Å². The van der Waals surface area contributed by atoms with Crippen LogP contribution in [0.3, 0.4) is 0 Å². The van der Waals surface area contributed by atoms with Crippen LogP contribution in [0.4, 0.5) is 10.3 Å². The normalized spacial score (nSPS) is 14.6. The Balaban J connectivity index is 1.60. The molecule has 176 valence electrons. The van der Waals surface area contributed by atoms with Crippen LogP contribution in [-0.4, -0.2) is 46.0 Å². The first-order valence-corrected chi connectivity index (χ1v) is 10.6. The van der Waals surface area contributed by atoms with Crippen molar-refractivity contribution in [3.05, 3.63) is 75.0 Å². The van der Waals surface area contributed by atoms with E-state index in [4.69, 9.17) is 0 Å². The number of carbonyl (C=O) groups excluding carboxylic acids is 3. The third kappa shape index (κ3) is 4.32. The standard InChI is InChI=1S/C23H22FN5O5/c1-25-20(32)16-9-15(24)8-7-14(16)10-26-21(33)18-19(31)22(34)29-12-17(30)28(23(29)27-18)11-13-5-3-2-4-6-13/h3,5-9,31H,2,4,10-12H2,1H3,(H,25,32)(H,26,33). The molecule has 0 saturated carbocycles. The molecular formula is C23H22FN5O5. The fourth-order valence-corrected chi connectivity index (χ4v) is 3.81. The van der Waals surface area contributed by atoms with E-state index in [9.17, 15) is 28.7 Å². The van der Waals surface area contributed by atoms with Crippen molar-refractivity contribution in [2.45, 2.75) is 25.9 Å². The predicted octanol–water partition coefficient (Wildman–Crippen LogP) is 1.00. The van der Waals surface area contributed by atoms with Crippen LogP contribution in [0, 0.1) is 5.82 Å². The van der Waals surface area contributed by atoms with Gasteiger partial charge in [-0.2, -0.15) is 0 Å². The van der Waals surface area contributed by atoms with Crippen LogP contribution >= 0.6 is 0 Å². The predicted molar refractivity (Wildman–Crippen MR) is 120 cm³/mol. The van der Waals surface area contributed by atoms with Crippen molar-refractivity contribution in [2.24, 2.45) is 0 Å². The number of benzene rings is 1. The summed E-state index contributed by atoms with van der Waals surface area (Å²) in [6.45, 7) is -0.306. The zero-order chi connectivity index (χ0) is 24.4. The lowest BCUT2D eigenvalue weighted by atomic mass is 10.1. The van der Waals surface area contributed by atoms with Crippen molar-refractivity contribution >= 4 is 23.7 Å². The van der Waals surface area contributed by atoms with Crippen molar-refractivity contribution < 1.29 is 23.9 Å². The van der Waals surface area contributed by atoms with Gasteiger partial charge in [-0.15, -0.1) is 0 Å². The van der Waals surface area contributed by atoms with E-state index >= 15 is 0 Å². The molecule has 0 saturated heterocycles. The van der Waals surface area contributed by atoms with Crippen LogP contribution in [-0.2, 0) is 17.9 Å². The summed E-state index contributed by atoms with van der Waals surface area (Å²) in [4.78, 5) is 55.4. The van der Waals surface area contributed by atoms with Crippen LogP contribution in [0.5, 0.6) is 5.75 Å². The summed E-state index contributed by atoms with van der Waals surface area (Å²) in [6.07, 6.45) is 7.58. The zero-order valence-electron chi connectivity index (χ0n) is 18.3. The number of nitrogens with one attached hydrogen (secondary N) is 2. The maximum absolute atomic E-state index is 13.6. The lowest BCUT2D eigenvalue weighted by Gasteiger charge is -2.18. The summed E-state index contributed by atoms with van der Waals surface area (Å²) < 4.78 is 14.6. The Morgan fingerprint density at radius 1 is 1.21 bits per heavy atom. The molecule has 3 N–H and O–H groups in total. The summed E-state index contributed by atoms with van der Waals surface area (Å²) in [5, 5.41) is 15.2. The molecule has 34 heavy (non-hydrogen) atoms. The monoisotopic (exact) mass is 467 g/mol. The average Bonchev–Trinajstić information content (AvgIpc) is 3.15. The third-order valence-corrected chi connectivity index (χ3v) is 5.57. The number of nitrogens with zero attached hydrogens (tertiary/aromatic N) is 3. The fraction of sp³-hybridized carbons (Fsp3) is 0.261. The van der Waals surface area contributed by atoms with Crippen LogP contribution in [0.15, 0.2) is 46.8 Å². The highest BCUT2D eigenvalue weighted by molar-refractivity contribution is 5.99. The SMILES string of the molecule is CNC(=O)c1cc(F)ccc1CNC(=O)c1nc2n(c(=O)c1O)CC(=O)N2CC1=CCCC=C1. The first-order chi connectivity index (χ1) is 16.3. The van der Waals surface area contributed by atoms with Crippen LogP contribution in [0.1, 0.15) is 39.3 Å². The van der Waals surface area contributed by atoms with E-state index in [1.807, 2.05) is 18.2 Å². The van der Waals surface area contributed by atoms with Crippen LogP contribution in [0.2, 0.25) is 0 Å². The molecule has 0 bridgehead atoms. The number of carbonyl (C=O) groups is 3. The van der Waals surface area contributed by atoms with Crippen molar-refractivity contribution in [1.29, 1.82) is 0 Å². The van der Waals surface area contributed by atoms with Crippen molar-refractivity contribution in [2.75, 3.05) is 18.5 Å². The van der Waals surface area contributed by atoms with Crippen molar-refractivity contribution in [3.8, 4) is 5.75 Å². The number of amides is 3. The number of anilines is 1. The van der Waals surface area contributed by atoms with Gasteiger partial charge in [0.25, 0.3) is 17.4 Å². The Labute approximate surface area is 193 Å². The second-order valence-electron chi connectivity index (χ2n) is 7.80. The largest absolute Gasteiger partial charge is 0.501 e. The highest BCUT2D eigenvalue weighted by atomic mass is 19.1. The summed E-state index contributed by atoms with van der Waals surface area (Å²) in [7, 11) is 1.39. The Hall–Kier alpha value is -4.28. The minimum absolute atomic E-state index is 0.0274. The summed E-state index contributed by atoms with van der Waals surface area (Å²) in [5.41, 5.74) is -0.238. The number of aromatic nitrogens is 2. The summed E-state index contributed by atoms with van der Waals surface area (Å²) in [5.74, 6) is -3.36. The molecule has 0 fully saturated rings. The second-order valence-corrected chi connectivity index (χ2v) is 7.80. The van der Waals surface area contributed by atoms with Gasteiger partial charge in [-0.3, -0.25) is 28.6 Å². The molecule has 11 heteroatoms. The van der Waals surface area contributed by atoms with Gasteiger partial charge in [-0.1, -0.05) is 24.3 Å². The Kier molecular flexibility index (Phi) is 6.26. The maximum Gasteiger partial charge on any atom is 0.298 e. The van der Waals surface area contributed by atoms with E-state index in [-0.39, 0.29) is 37.1 Å². The molecule has 0 radical (unpaired) electrons. The number of hydrogen-bond acceptors (Lipinski definition) is 6. The van der Waals surface area contributed by atoms with Crippen molar-refractivity contribution in [1.82, 2.24) is 20.2 Å². The lowest BCUT2D eigenvalue weighted by molar-refractivity contribution is -0.118. The first-order valence-electron chi connectivity index (χ1n) is 10.6. The molecule has 0 spiro atoms. The van der Waals surface area contributed by atoms with Gasteiger partial charge in [0.15, 0.2) is 5.69 Å². The van der Waals surface area contributed by atoms with E-state index in [0.717, 1.165) is 35.1 Å². The van der Waals surface area contributed by atoms with E-state index in [1.165, 1.54) is 18.0 Å². The molecule has 1 aliphatic heterocycles. The number of allylic oxidation sites excluding steroid dienone is 2. The molecule has 2 heterocycles. The van der Waals surface area contributed by atoms with Gasteiger partial charge in [0, 0.05) is 19.2 Å². The second kappa shape index (κ2) is 9.30. The quantitative estimate of drug-likeness (QED) is 0.581. The fourth-order valence-electron chi connectivity index (χ4n) is 3.81. The van der Waals surface area contributed by atoms with E-state index < -0.39 is 34.6 Å². The number of aromatic hydroxyl groups is 1. The molecule has 0 atom stereocenters. The van der Waals surface area contributed by atoms with Crippen LogP contribution in [0.25, 0.3) is 0 Å². The van der Waals surface area contributed by atoms with Gasteiger partial charge in [0.2, 0.25) is 17.6 Å². The van der Waals surface area contributed by atoms with Gasteiger partial charge in [-0.05, 0) is 36.1 Å². The smallest absolute Gasteiger partial charge is 0.298 e. The zero-order valence-corrected chi connectivity index (χ0v) is 18.3. The minimum Gasteiger partial charge on any atom is -0.501 e. The molecule has 0 unspecified atom stereocenters.